The number of sulfonamides is 1. The van der Waals surface area contributed by atoms with E-state index >= 15 is 0 Å². The molecule has 2 rings (SSSR count). The number of carbonyl (C=O) groups is 1. The zero-order valence-electron chi connectivity index (χ0n) is 15.3. The molecule has 1 unspecified atom stereocenters. The summed E-state index contributed by atoms with van der Waals surface area (Å²) in [5.74, 6) is 1.26. The normalized spacial score (nSPS) is 21.9. The van der Waals surface area contributed by atoms with E-state index in [4.69, 9.17) is 0 Å². The van der Waals surface area contributed by atoms with E-state index in [0.29, 0.717) is 37.9 Å². The van der Waals surface area contributed by atoms with E-state index in [0.717, 1.165) is 25.8 Å². The number of guanidine groups is 1. The van der Waals surface area contributed by atoms with Gasteiger partial charge >= 0.3 is 0 Å². The maximum absolute atomic E-state index is 12.0. The van der Waals surface area contributed by atoms with E-state index in [1.54, 1.807) is 7.05 Å². The molecular weight excluding hydrogens is 342 g/mol. The van der Waals surface area contributed by atoms with E-state index in [9.17, 15) is 13.2 Å². The van der Waals surface area contributed by atoms with Crippen molar-refractivity contribution in [3.05, 3.63) is 0 Å². The molecule has 1 atom stereocenters. The molecule has 1 amide bonds. The molecule has 2 fully saturated rings. The van der Waals surface area contributed by atoms with Gasteiger partial charge in [0.2, 0.25) is 15.9 Å². The summed E-state index contributed by atoms with van der Waals surface area (Å²) in [6, 6.07) is 0.148. The molecule has 1 aliphatic carbocycles. The molecular formula is C16H31N5O3S. The highest BCUT2D eigenvalue weighted by Gasteiger charge is 2.26. The van der Waals surface area contributed by atoms with Crippen molar-refractivity contribution in [2.45, 2.75) is 45.1 Å². The van der Waals surface area contributed by atoms with E-state index in [2.05, 4.69) is 20.3 Å². The van der Waals surface area contributed by atoms with Gasteiger partial charge in [-0.25, -0.2) is 13.1 Å². The number of likely N-dealkylation sites (tertiary alicyclic amines) is 1. The molecule has 0 aromatic rings. The number of hydrogen-bond donors (Lipinski definition) is 3. The summed E-state index contributed by atoms with van der Waals surface area (Å²) in [5, 5.41) is 6.30. The Morgan fingerprint density at radius 1 is 1.28 bits per heavy atom. The highest BCUT2D eigenvalue weighted by Crippen LogP contribution is 2.25. The summed E-state index contributed by atoms with van der Waals surface area (Å²) in [6.07, 6.45) is 4.84. The minimum Gasteiger partial charge on any atom is -0.355 e. The summed E-state index contributed by atoms with van der Waals surface area (Å²) in [4.78, 5) is 17.7. The van der Waals surface area contributed by atoms with Gasteiger partial charge in [-0.2, -0.15) is 0 Å². The number of nitrogens with zero attached hydrogens (tertiary/aromatic N) is 2. The molecule has 1 aliphatic heterocycles. The highest BCUT2D eigenvalue weighted by atomic mass is 32.2. The molecule has 0 bridgehead atoms. The van der Waals surface area contributed by atoms with Crippen LogP contribution in [0.15, 0.2) is 4.99 Å². The Bertz CT molecular complexity index is 574. The summed E-state index contributed by atoms with van der Waals surface area (Å²) in [5.41, 5.74) is 0. The summed E-state index contributed by atoms with van der Waals surface area (Å²) in [7, 11) is -1.60. The van der Waals surface area contributed by atoms with E-state index in [-0.39, 0.29) is 17.7 Å². The smallest absolute Gasteiger partial charge is 0.222 e. The first-order chi connectivity index (χ1) is 11.9. The van der Waals surface area contributed by atoms with Crippen LogP contribution in [0.2, 0.25) is 0 Å². The Kier molecular flexibility index (Phi) is 7.49. The molecule has 1 saturated carbocycles. The number of nitrogens with one attached hydrogen (secondary N) is 3. The van der Waals surface area contributed by atoms with Crippen LogP contribution in [0, 0.1) is 5.92 Å². The van der Waals surface area contributed by atoms with Crippen LogP contribution in [0.3, 0.4) is 0 Å². The SMILES string of the molecule is CCC(=O)N1CCC(NC(=NC)NCCS(=O)(=O)NCC2CCC2)C1. The highest BCUT2D eigenvalue weighted by molar-refractivity contribution is 7.89. The lowest BCUT2D eigenvalue weighted by Crippen LogP contribution is -2.46. The summed E-state index contributed by atoms with van der Waals surface area (Å²) < 4.78 is 26.6. The van der Waals surface area contributed by atoms with Crippen molar-refractivity contribution in [1.29, 1.82) is 0 Å². The maximum Gasteiger partial charge on any atom is 0.222 e. The fourth-order valence-electron chi connectivity index (χ4n) is 3.03. The van der Waals surface area contributed by atoms with Crippen molar-refractivity contribution in [2.75, 3.05) is 39.0 Å². The van der Waals surface area contributed by atoms with Crippen LogP contribution < -0.4 is 15.4 Å². The molecule has 0 radical (unpaired) electrons. The van der Waals surface area contributed by atoms with Gasteiger partial charge in [-0.3, -0.25) is 9.79 Å². The predicted octanol–water partition coefficient (Wildman–Crippen LogP) is -0.118. The second-order valence-electron chi connectivity index (χ2n) is 6.79. The Morgan fingerprint density at radius 2 is 2.04 bits per heavy atom. The topological polar surface area (TPSA) is 103 Å². The Hall–Kier alpha value is -1.35. The molecule has 1 saturated heterocycles. The van der Waals surface area contributed by atoms with Crippen molar-refractivity contribution in [2.24, 2.45) is 10.9 Å². The van der Waals surface area contributed by atoms with Crippen LogP contribution in [0.5, 0.6) is 0 Å². The quantitative estimate of drug-likeness (QED) is 0.407. The minimum absolute atomic E-state index is 0.0194. The van der Waals surface area contributed by atoms with Crippen LogP contribution in [0.1, 0.15) is 39.0 Å². The Labute approximate surface area is 150 Å². The second kappa shape index (κ2) is 9.38. The van der Waals surface area contributed by atoms with Gasteiger partial charge in [-0.1, -0.05) is 13.3 Å². The van der Waals surface area contributed by atoms with Gasteiger partial charge in [0.05, 0.1) is 5.75 Å². The van der Waals surface area contributed by atoms with Crippen LogP contribution >= 0.6 is 0 Å². The fraction of sp³-hybridized carbons (Fsp3) is 0.875. The average Bonchev–Trinajstić information content (AvgIpc) is 3.00. The van der Waals surface area contributed by atoms with Crippen molar-refractivity contribution in [3.8, 4) is 0 Å². The van der Waals surface area contributed by atoms with Gasteiger partial charge in [0.15, 0.2) is 5.96 Å². The average molecular weight is 374 g/mol. The Morgan fingerprint density at radius 3 is 2.64 bits per heavy atom. The predicted molar refractivity (Wildman–Crippen MR) is 98.9 cm³/mol. The standard InChI is InChI=1S/C16H31N5O3S/c1-3-15(22)21-9-7-14(12-21)20-16(17-2)18-8-10-25(23,24)19-11-13-5-4-6-13/h13-14,19H,3-12H2,1-2H3,(H2,17,18,20). The van der Waals surface area contributed by atoms with E-state index < -0.39 is 10.0 Å². The van der Waals surface area contributed by atoms with Crippen LogP contribution in [-0.4, -0.2) is 70.2 Å². The van der Waals surface area contributed by atoms with E-state index in [1.165, 1.54) is 6.42 Å². The van der Waals surface area contributed by atoms with Gasteiger partial charge in [0.1, 0.15) is 0 Å². The fourth-order valence-corrected chi connectivity index (χ4v) is 4.04. The van der Waals surface area contributed by atoms with Gasteiger partial charge in [0, 0.05) is 45.7 Å². The number of amides is 1. The molecule has 25 heavy (non-hydrogen) atoms. The molecule has 1 heterocycles. The molecule has 2 aliphatic rings. The molecule has 0 aromatic carbocycles. The zero-order chi connectivity index (χ0) is 18.3. The van der Waals surface area contributed by atoms with E-state index in [1.807, 2.05) is 11.8 Å². The lowest BCUT2D eigenvalue weighted by atomic mass is 9.86. The number of aliphatic imine (C=N–C) groups is 1. The van der Waals surface area contributed by atoms with Crippen LogP contribution in [0.4, 0.5) is 0 Å². The number of hydrogen-bond acceptors (Lipinski definition) is 4. The number of rotatable bonds is 8. The first kappa shape index (κ1) is 20.0. The van der Waals surface area contributed by atoms with Crippen molar-refractivity contribution < 1.29 is 13.2 Å². The summed E-state index contributed by atoms with van der Waals surface area (Å²) in [6.45, 7) is 4.13. The number of carbonyl (C=O) groups excluding carboxylic acids is 1. The summed E-state index contributed by atoms with van der Waals surface area (Å²) >= 11 is 0. The lowest BCUT2D eigenvalue weighted by molar-refractivity contribution is -0.129. The second-order valence-corrected chi connectivity index (χ2v) is 8.71. The molecule has 9 heteroatoms. The molecule has 0 aromatic heterocycles. The van der Waals surface area contributed by atoms with Gasteiger partial charge < -0.3 is 15.5 Å². The van der Waals surface area contributed by atoms with Gasteiger partial charge in [-0.15, -0.1) is 0 Å². The third-order valence-electron chi connectivity index (χ3n) is 4.89. The van der Waals surface area contributed by atoms with Gasteiger partial charge in [0.25, 0.3) is 0 Å². The third kappa shape index (κ3) is 6.47. The molecule has 144 valence electrons. The third-order valence-corrected chi connectivity index (χ3v) is 6.24. The maximum atomic E-state index is 12.0. The van der Waals surface area contributed by atoms with Gasteiger partial charge in [-0.05, 0) is 25.2 Å². The first-order valence-corrected chi connectivity index (χ1v) is 10.8. The monoisotopic (exact) mass is 373 g/mol. The molecule has 0 spiro atoms. The van der Waals surface area contributed by atoms with Crippen LogP contribution in [0.25, 0.3) is 0 Å². The van der Waals surface area contributed by atoms with Crippen molar-refractivity contribution in [1.82, 2.24) is 20.3 Å². The zero-order valence-corrected chi connectivity index (χ0v) is 16.1. The largest absolute Gasteiger partial charge is 0.355 e. The minimum atomic E-state index is -3.26. The first-order valence-electron chi connectivity index (χ1n) is 9.15. The van der Waals surface area contributed by atoms with Crippen molar-refractivity contribution >= 4 is 21.9 Å². The van der Waals surface area contributed by atoms with Crippen LogP contribution in [-0.2, 0) is 14.8 Å². The Balaban J connectivity index is 1.67. The molecule has 3 N–H and O–H groups in total. The lowest BCUT2D eigenvalue weighted by Gasteiger charge is -2.25. The van der Waals surface area contributed by atoms with Crippen molar-refractivity contribution in [3.63, 3.8) is 0 Å². The molecule has 8 nitrogen and oxygen atoms in total.